The van der Waals surface area contributed by atoms with E-state index in [2.05, 4.69) is 4.98 Å². The maximum Gasteiger partial charge on any atom is 0.336 e. The Morgan fingerprint density at radius 2 is 1.81 bits per heavy atom. The number of carbonyl (C=O) groups is 1. The van der Waals surface area contributed by atoms with Crippen molar-refractivity contribution in [1.29, 1.82) is 0 Å². The largest absolute Gasteiger partial charge is 0.478 e. The van der Waals surface area contributed by atoms with Crippen molar-refractivity contribution in [1.82, 2.24) is 4.98 Å². The van der Waals surface area contributed by atoms with Crippen molar-refractivity contribution in [2.24, 2.45) is 0 Å². The first-order valence-electron chi connectivity index (χ1n) is 4.99. The van der Waals surface area contributed by atoms with Crippen LogP contribution in [0.1, 0.15) is 10.4 Å². The van der Waals surface area contributed by atoms with Gasteiger partial charge in [0, 0.05) is 17.1 Å². The van der Waals surface area contributed by atoms with Gasteiger partial charge in [0.1, 0.15) is 0 Å². The van der Waals surface area contributed by atoms with E-state index in [4.69, 9.17) is 5.11 Å². The molecule has 0 aliphatic heterocycles. The third-order valence-corrected chi connectivity index (χ3v) is 2.82. The lowest BCUT2D eigenvalue weighted by Gasteiger charge is -2.00. The number of nitrogens with one attached hydrogen (secondary N) is 1. The van der Waals surface area contributed by atoms with Crippen molar-refractivity contribution in [3.05, 3.63) is 48.2 Å². The Balaban J connectivity index is 2.49. The van der Waals surface area contributed by atoms with Gasteiger partial charge < -0.3 is 10.1 Å². The second kappa shape index (κ2) is 3.10. The van der Waals surface area contributed by atoms with Crippen LogP contribution in [0.5, 0.6) is 0 Å². The average molecular weight is 211 g/mol. The molecule has 0 bridgehead atoms. The van der Waals surface area contributed by atoms with Crippen LogP contribution in [0.25, 0.3) is 21.7 Å². The Morgan fingerprint density at radius 3 is 2.62 bits per heavy atom. The lowest BCUT2D eigenvalue weighted by molar-refractivity contribution is 0.0699. The molecule has 0 atom stereocenters. The molecule has 0 saturated heterocycles. The summed E-state index contributed by atoms with van der Waals surface area (Å²) in [6.45, 7) is 0. The van der Waals surface area contributed by atoms with Gasteiger partial charge in [0.25, 0.3) is 0 Å². The molecule has 0 saturated carbocycles. The van der Waals surface area contributed by atoms with Gasteiger partial charge in [-0.15, -0.1) is 0 Å². The van der Waals surface area contributed by atoms with Crippen molar-refractivity contribution in [2.45, 2.75) is 0 Å². The van der Waals surface area contributed by atoms with Gasteiger partial charge >= 0.3 is 5.97 Å². The fourth-order valence-electron chi connectivity index (χ4n) is 2.08. The highest BCUT2D eigenvalue weighted by Gasteiger charge is 2.11. The van der Waals surface area contributed by atoms with Crippen LogP contribution in [0.15, 0.2) is 42.6 Å². The molecule has 2 N–H and O–H groups in total. The van der Waals surface area contributed by atoms with Gasteiger partial charge in [-0.05, 0) is 29.0 Å². The number of aromatic carboxylic acids is 1. The maximum atomic E-state index is 11.0. The first-order valence-corrected chi connectivity index (χ1v) is 4.99. The number of aromatic nitrogens is 1. The van der Waals surface area contributed by atoms with Gasteiger partial charge in [-0.3, -0.25) is 0 Å². The standard InChI is InChI=1S/C13H9NO2/c15-13(16)11-4-3-8-9(11)5-6-12-10(8)2-1-7-14-12/h1-7,14H,(H,15,16). The summed E-state index contributed by atoms with van der Waals surface area (Å²) < 4.78 is 0. The van der Waals surface area contributed by atoms with E-state index in [1.165, 1.54) is 0 Å². The number of aromatic amines is 1. The van der Waals surface area contributed by atoms with Crippen LogP contribution in [0.2, 0.25) is 0 Å². The Labute approximate surface area is 91.3 Å². The number of benzene rings is 1. The minimum atomic E-state index is -0.880. The van der Waals surface area contributed by atoms with Crippen LogP contribution in [0.4, 0.5) is 0 Å². The highest BCUT2D eigenvalue weighted by Crippen LogP contribution is 2.27. The molecule has 0 unspecified atom stereocenters. The maximum absolute atomic E-state index is 11.0. The Bertz CT molecular complexity index is 697. The number of carboxylic acids is 1. The molecule has 1 heterocycles. The number of fused-ring (bicyclic) bond motifs is 3. The highest BCUT2D eigenvalue weighted by molar-refractivity contribution is 6.14. The molecule has 3 nitrogen and oxygen atoms in total. The molecule has 0 spiro atoms. The Hall–Kier alpha value is -2.29. The molecule has 0 radical (unpaired) electrons. The van der Waals surface area contributed by atoms with Crippen molar-refractivity contribution in [3.8, 4) is 0 Å². The fourth-order valence-corrected chi connectivity index (χ4v) is 2.08. The first-order chi connectivity index (χ1) is 7.77. The van der Waals surface area contributed by atoms with Crippen LogP contribution in [0.3, 0.4) is 0 Å². The molecule has 3 aromatic rings. The second-order valence-corrected chi connectivity index (χ2v) is 3.71. The summed E-state index contributed by atoms with van der Waals surface area (Å²) in [4.78, 5) is 14.1. The van der Waals surface area contributed by atoms with Crippen LogP contribution in [-0.2, 0) is 0 Å². The summed E-state index contributed by atoms with van der Waals surface area (Å²) >= 11 is 0. The molecule has 16 heavy (non-hydrogen) atoms. The van der Waals surface area contributed by atoms with E-state index in [0.717, 1.165) is 21.7 Å². The van der Waals surface area contributed by atoms with E-state index in [0.29, 0.717) is 5.56 Å². The van der Waals surface area contributed by atoms with Crippen LogP contribution < -0.4 is 0 Å². The van der Waals surface area contributed by atoms with E-state index in [-0.39, 0.29) is 0 Å². The van der Waals surface area contributed by atoms with Crippen molar-refractivity contribution in [2.75, 3.05) is 0 Å². The Morgan fingerprint density at radius 1 is 1.00 bits per heavy atom. The molecule has 78 valence electrons. The van der Waals surface area contributed by atoms with Gasteiger partial charge in [0.15, 0.2) is 0 Å². The molecule has 3 heteroatoms. The first kappa shape index (κ1) is 8.97. The summed E-state index contributed by atoms with van der Waals surface area (Å²) in [5.41, 5.74) is 1.37. The Kier molecular flexibility index (Phi) is 1.74. The van der Waals surface area contributed by atoms with E-state index in [9.17, 15) is 4.79 Å². The predicted octanol–water partition coefficient (Wildman–Crippen LogP) is 3.02. The normalized spacial score (nSPS) is 11.0. The molecule has 0 amide bonds. The molecular formula is C13H9NO2. The van der Waals surface area contributed by atoms with Gasteiger partial charge in [-0.2, -0.15) is 0 Å². The second-order valence-electron chi connectivity index (χ2n) is 3.71. The SMILES string of the molecule is O=C(O)c1ccc2c1ccc1[nH]cccc12. The van der Waals surface area contributed by atoms with Crippen LogP contribution in [0, 0.1) is 0 Å². The van der Waals surface area contributed by atoms with E-state index in [1.807, 2.05) is 36.5 Å². The quantitative estimate of drug-likeness (QED) is 0.650. The van der Waals surface area contributed by atoms with E-state index >= 15 is 0 Å². The lowest BCUT2D eigenvalue weighted by Crippen LogP contribution is -1.93. The third-order valence-electron chi connectivity index (χ3n) is 2.82. The summed E-state index contributed by atoms with van der Waals surface area (Å²) in [6, 6.07) is 11.2. The van der Waals surface area contributed by atoms with Crippen molar-refractivity contribution in [3.63, 3.8) is 0 Å². The number of hydrogen-bond donors (Lipinski definition) is 2. The van der Waals surface area contributed by atoms with Gasteiger partial charge in [-0.1, -0.05) is 18.2 Å². The molecule has 0 aliphatic rings. The highest BCUT2D eigenvalue weighted by atomic mass is 16.4. The monoisotopic (exact) mass is 211 g/mol. The van der Waals surface area contributed by atoms with Gasteiger partial charge in [0.2, 0.25) is 0 Å². The number of H-pyrrole nitrogens is 1. The lowest BCUT2D eigenvalue weighted by atomic mass is 10.1. The summed E-state index contributed by atoms with van der Waals surface area (Å²) in [7, 11) is 0. The zero-order valence-corrected chi connectivity index (χ0v) is 8.40. The summed E-state index contributed by atoms with van der Waals surface area (Å²) in [5, 5.41) is 11.9. The smallest absolute Gasteiger partial charge is 0.336 e. The number of hydrogen-bond acceptors (Lipinski definition) is 1. The minimum absolute atomic E-state index is 0.362. The number of rotatable bonds is 1. The molecule has 2 aromatic carbocycles. The molecule has 0 fully saturated rings. The third kappa shape index (κ3) is 1.11. The van der Waals surface area contributed by atoms with Crippen molar-refractivity contribution < 1.29 is 9.90 Å². The zero-order chi connectivity index (χ0) is 11.1. The van der Waals surface area contributed by atoms with E-state index < -0.39 is 5.97 Å². The van der Waals surface area contributed by atoms with Gasteiger partial charge in [0.05, 0.1) is 5.56 Å². The number of pyridine rings is 1. The molecule has 1 aromatic heterocycles. The fraction of sp³-hybridized carbons (Fsp3) is 0. The molecule has 3 rings (SSSR count). The minimum Gasteiger partial charge on any atom is -0.478 e. The number of carboxylic acid groups (broad SMARTS) is 1. The average Bonchev–Trinajstić information content (AvgIpc) is 2.73. The van der Waals surface area contributed by atoms with Crippen LogP contribution in [-0.4, -0.2) is 16.1 Å². The molecule has 0 aliphatic carbocycles. The summed E-state index contributed by atoms with van der Waals surface area (Å²) in [6.07, 6.45) is 1.86. The predicted molar refractivity (Wildman–Crippen MR) is 62.8 cm³/mol. The van der Waals surface area contributed by atoms with Crippen LogP contribution >= 0.6 is 0 Å². The molecular weight excluding hydrogens is 202 g/mol. The topological polar surface area (TPSA) is 53.1 Å². The zero-order valence-electron chi connectivity index (χ0n) is 8.40. The van der Waals surface area contributed by atoms with Gasteiger partial charge in [-0.25, -0.2) is 4.79 Å². The summed E-state index contributed by atoms with van der Waals surface area (Å²) in [5.74, 6) is -0.880. The van der Waals surface area contributed by atoms with E-state index in [1.54, 1.807) is 6.07 Å². The van der Waals surface area contributed by atoms with Crippen molar-refractivity contribution >= 4 is 27.6 Å².